The summed E-state index contributed by atoms with van der Waals surface area (Å²) in [6.07, 6.45) is 7.56. The van der Waals surface area contributed by atoms with Gasteiger partial charge >= 0.3 is 8.80 Å². The van der Waals surface area contributed by atoms with Crippen molar-refractivity contribution in [3.63, 3.8) is 0 Å². The van der Waals surface area contributed by atoms with Gasteiger partial charge in [-0.2, -0.15) is 0 Å². The quantitative estimate of drug-likeness (QED) is 0.579. The Bertz CT molecular complexity index is 290. The third-order valence-corrected chi connectivity index (χ3v) is 7.30. The maximum atomic E-state index is 5.66. The lowest BCUT2D eigenvalue weighted by atomic mass is 10.2. The van der Waals surface area contributed by atoms with E-state index in [0.717, 1.165) is 39.0 Å². The lowest BCUT2D eigenvalue weighted by Crippen LogP contribution is -2.48. The third-order valence-electron chi connectivity index (χ3n) is 4.01. The van der Waals surface area contributed by atoms with E-state index in [2.05, 4.69) is 36.0 Å². The van der Waals surface area contributed by atoms with Crippen molar-refractivity contribution in [2.45, 2.75) is 38.7 Å². The normalized spacial score (nSPS) is 17.1. The Balaban J connectivity index is 2.57. The Kier molecular flexibility index (Phi) is 7.58. The summed E-state index contributed by atoms with van der Waals surface area (Å²) >= 11 is 0. The molecule has 1 aliphatic heterocycles. The van der Waals surface area contributed by atoms with Crippen molar-refractivity contribution in [1.82, 2.24) is 9.80 Å². The van der Waals surface area contributed by atoms with Crippen LogP contribution in [0.4, 0.5) is 0 Å². The summed E-state index contributed by atoms with van der Waals surface area (Å²) in [6.45, 7) is 7.42. The maximum absolute atomic E-state index is 5.66. The van der Waals surface area contributed by atoms with Gasteiger partial charge in [0.25, 0.3) is 0 Å². The molecule has 0 aromatic carbocycles. The van der Waals surface area contributed by atoms with E-state index in [1.54, 1.807) is 21.3 Å². The fourth-order valence-corrected chi connectivity index (χ4v) is 5.41. The Morgan fingerprint density at radius 3 is 2.05 bits per heavy atom. The van der Waals surface area contributed by atoms with Crippen LogP contribution >= 0.6 is 0 Å². The molecule has 1 aliphatic rings. The molecule has 0 aliphatic carbocycles. The first kappa shape index (κ1) is 17.5. The number of hydrogen-bond donors (Lipinski definition) is 0. The Morgan fingerprint density at radius 2 is 1.60 bits per heavy atom. The lowest BCUT2D eigenvalue weighted by Gasteiger charge is -2.33. The molecule has 1 unspecified atom stereocenters. The van der Waals surface area contributed by atoms with E-state index in [1.165, 1.54) is 0 Å². The zero-order valence-corrected chi connectivity index (χ0v) is 14.6. The fourth-order valence-electron chi connectivity index (χ4n) is 2.78. The molecule has 0 spiro atoms. The molecule has 0 bridgehead atoms. The predicted molar refractivity (Wildman–Crippen MR) is 83.1 cm³/mol. The summed E-state index contributed by atoms with van der Waals surface area (Å²) in [7, 11) is 2.59. The molecule has 20 heavy (non-hydrogen) atoms. The van der Waals surface area contributed by atoms with Gasteiger partial charge in [0, 0.05) is 52.4 Å². The van der Waals surface area contributed by atoms with E-state index >= 15 is 0 Å². The predicted octanol–water partition coefficient (Wildman–Crippen LogP) is 2.49. The van der Waals surface area contributed by atoms with Crippen molar-refractivity contribution in [1.29, 1.82) is 0 Å². The van der Waals surface area contributed by atoms with Gasteiger partial charge in [-0.15, -0.1) is 0 Å². The first-order valence-corrected chi connectivity index (χ1v) is 9.27. The third kappa shape index (κ3) is 4.21. The first-order chi connectivity index (χ1) is 9.65. The molecule has 0 radical (unpaired) electrons. The fraction of sp³-hybridized carbons (Fsp3) is 0.857. The zero-order chi connectivity index (χ0) is 15.0. The average molecular weight is 302 g/mol. The highest BCUT2D eigenvalue weighted by molar-refractivity contribution is 6.62. The van der Waals surface area contributed by atoms with Gasteiger partial charge in [0.05, 0.1) is 6.67 Å². The molecule has 5 nitrogen and oxygen atoms in total. The summed E-state index contributed by atoms with van der Waals surface area (Å²) in [5.74, 6) is 0. The maximum Gasteiger partial charge on any atom is 0.503 e. The van der Waals surface area contributed by atoms with Crippen LogP contribution in [0.5, 0.6) is 0 Å². The van der Waals surface area contributed by atoms with Crippen molar-refractivity contribution < 1.29 is 13.3 Å². The number of rotatable bonds is 10. The highest BCUT2D eigenvalue weighted by atomic mass is 28.4. The van der Waals surface area contributed by atoms with Crippen molar-refractivity contribution in [3.8, 4) is 0 Å². The molecule has 118 valence electrons. The highest BCUT2D eigenvalue weighted by Crippen LogP contribution is 2.32. The second kappa shape index (κ2) is 8.66. The molecule has 1 heterocycles. The minimum absolute atomic E-state index is 0.358. The van der Waals surface area contributed by atoms with Gasteiger partial charge in [-0.25, -0.2) is 0 Å². The van der Waals surface area contributed by atoms with E-state index in [0.29, 0.717) is 5.54 Å². The van der Waals surface area contributed by atoms with Gasteiger partial charge in [-0.1, -0.05) is 13.3 Å². The second-order valence-corrected chi connectivity index (χ2v) is 8.40. The molecule has 0 aromatic rings. The van der Waals surface area contributed by atoms with E-state index in [4.69, 9.17) is 13.3 Å². The largest absolute Gasteiger partial charge is 0.503 e. The molecule has 0 N–H and O–H groups in total. The van der Waals surface area contributed by atoms with Crippen LogP contribution in [0.15, 0.2) is 12.4 Å². The summed E-state index contributed by atoms with van der Waals surface area (Å²) in [4.78, 5) is 4.63. The Hall–Kier alpha value is -0.563. The highest BCUT2D eigenvalue weighted by Gasteiger charge is 2.46. The molecule has 0 aromatic heterocycles. The van der Waals surface area contributed by atoms with E-state index in [9.17, 15) is 0 Å². The van der Waals surface area contributed by atoms with Gasteiger partial charge in [0.1, 0.15) is 0 Å². The van der Waals surface area contributed by atoms with Crippen molar-refractivity contribution >= 4 is 8.80 Å². The van der Waals surface area contributed by atoms with Crippen LogP contribution in [0.1, 0.15) is 33.1 Å². The van der Waals surface area contributed by atoms with Crippen LogP contribution in [0.3, 0.4) is 0 Å². The number of hydrogen-bond acceptors (Lipinski definition) is 5. The Labute approximate surface area is 124 Å². The van der Waals surface area contributed by atoms with Crippen LogP contribution in [0.25, 0.3) is 0 Å². The van der Waals surface area contributed by atoms with Crippen molar-refractivity contribution in [3.05, 3.63) is 12.4 Å². The van der Waals surface area contributed by atoms with Crippen LogP contribution in [0.2, 0.25) is 5.54 Å². The molecule has 1 atom stereocenters. The smallest absolute Gasteiger partial charge is 0.377 e. The molecule has 0 amide bonds. The molecule has 1 rings (SSSR count). The summed E-state index contributed by atoms with van der Waals surface area (Å²) in [5.41, 5.74) is 0.358. The minimum atomic E-state index is -2.53. The second-order valence-electron chi connectivity index (χ2n) is 5.15. The molecular formula is C14H30N2O3Si. The van der Waals surface area contributed by atoms with Gasteiger partial charge in [0.15, 0.2) is 0 Å². The number of nitrogens with zero attached hydrogens (tertiary/aromatic N) is 2. The minimum Gasteiger partial charge on any atom is -0.377 e. The van der Waals surface area contributed by atoms with Gasteiger partial charge < -0.3 is 23.1 Å². The Morgan fingerprint density at radius 1 is 1.00 bits per heavy atom. The monoisotopic (exact) mass is 302 g/mol. The standard InChI is InChI=1S/C14H30N2O3Si/c1-6-8-14(20(17-3,18-4)19-5)9-10-16-12-11-15(7-2)13-16/h11-12,14H,6-10,13H2,1-5H3. The van der Waals surface area contributed by atoms with Crippen LogP contribution < -0.4 is 0 Å². The van der Waals surface area contributed by atoms with E-state index < -0.39 is 8.80 Å². The van der Waals surface area contributed by atoms with Crippen LogP contribution in [0, 0.1) is 0 Å². The summed E-state index contributed by atoms with van der Waals surface area (Å²) < 4.78 is 17.0. The molecular weight excluding hydrogens is 272 g/mol. The molecule has 6 heteroatoms. The van der Waals surface area contributed by atoms with E-state index in [-0.39, 0.29) is 0 Å². The van der Waals surface area contributed by atoms with Gasteiger partial charge in [-0.3, -0.25) is 0 Å². The summed E-state index contributed by atoms with van der Waals surface area (Å²) in [6, 6.07) is 0. The zero-order valence-electron chi connectivity index (χ0n) is 13.6. The van der Waals surface area contributed by atoms with Crippen molar-refractivity contribution in [2.75, 3.05) is 41.1 Å². The topological polar surface area (TPSA) is 34.2 Å². The van der Waals surface area contributed by atoms with Gasteiger partial charge in [0.2, 0.25) is 0 Å². The van der Waals surface area contributed by atoms with E-state index in [1.807, 2.05) is 0 Å². The average Bonchev–Trinajstić information content (AvgIpc) is 2.95. The summed E-state index contributed by atoms with van der Waals surface area (Å²) in [5, 5.41) is 0. The molecule has 0 saturated heterocycles. The molecule has 0 saturated carbocycles. The lowest BCUT2D eigenvalue weighted by molar-refractivity contribution is 0.106. The molecule has 0 fully saturated rings. The van der Waals surface area contributed by atoms with Crippen LogP contribution in [-0.4, -0.2) is 59.7 Å². The van der Waals surface area contributed by atoms with Gasteiger partial charge in [-0.05, 0) is 19.8 Å². The van der Waals surface area contributed by atoms with Crippen LogP contribution in [-0.2, 0) is 13.3 Å². The SMILES string of the molecule is CCCC(CCN1C=CN(CC)C1)[Si](OC)(OC)OC. The first-order valence-electron chi connectivity index (χ1n) is 7.47. The van der Waals surface area contributed by atoms with Crippen molar-refractivity contribution in [2.24, 2.45) is 0 Å².